The fourth-order valence-electron chi connectivity index (χ4n) is 5.20. The summed E-state index contributed by atoms with van der Waals surface area (Å²) in [6, 6.07) is 22.7. The summed E-state index contributed by atoms with van der Waals surface area (Å²) >= 11 is 1.59. The van der Waals surface area contributed by atoms with Crippen LogP contribution in [0.15, 0.2) is 77.7 Å². The number of rotatable bonds is 6. The third-order valence-corrected chi connectivity index (χ3v) is 8.84. The number of carbonyl (C=O) groups excluding carboxylic acids is 1. The van der Waals surface area contributed by atoms with Crippen LogP contribution in [0.3, 0.4) is 0 Å². The van der Waals surface area contributed by atoms with Gasteiger partial charge in [-0.1, -0.05) is 60.7 Å². The van der Waals surface area contributed by atoms with Crippen LogP contribution >= 0.6 is 11.3 Å². The van der Waals surface area contributed by atoms with Gasteiger partial charge in [0, 0.05) is 12.5 Å². The summed E-state index contributed by atoms with van der Waals surface area (Å²) in [5.41, 5.74) is 8.38. The molecule has 1 aromatic heterocycles. The highest BCUT2D eigenvalue weighted by Crippen LogP contribution is 2.44. The van der Waals surface area contributed by atoms with Gasteiger partial charge < -0.3 is 19.4 Å². The number of ether oxygens (including phenoxy) is 1. The van der Waals surface area contributed by atoms with Crippen molar-refractivity contribution >= 4 is 40.8 Å². The molecule has 0 radical (unpaired) electrons. The van der Waals surface area contributed by atoms with Gasteiger partial charge in [0.1, 0.15) is 6.61 Å². The number of hydrogen-bond acceptors (Lipinski definition) is 6. The third-order valence-electron chi connectivity index (χ3n) is 8.04. The molecule has 0 saturated carbocycles. The van der Waals surface area contributed by atoms with Crippen molar-refractivity contribution in [1.29, 1.82) is 0 Å². The zero-order chi connectivity index (χ0) is 27.2. The topological polar surface area (TPSA) is 69.7 Å². The molecule has 8 heteroatoms. The van der Waals surface area contributed by atoms with Crippen LogP contribution in [-0.2, 0) is 14.0 Å². The largest absolute Gasteiger partial charge is 0.492 e. The van der Waals surface area contributed by atoms with Gasteiger partial charge in [-0.05, 0) is 73.1 Å². The Morgan fingerprint density at radius 1 is 1.00 bits per heavy atom. The second kappa shape index (κ2) is 9.94. The van der Waals surface area contributed by atoms with Crippen LogP contribution in [0.1, 0.15) is 50.3 Å². The van der Waals surface area contributed by atoms with Crippen LogP contribution in [-0.4, -0.2) is 42.5 Å². The molecule has 2 heterocycles. The van der Waals surface area contributed by atoms with E-state index < -0.39 is 24.4 Å². The van der Waals surface area contributed by atoms with Crippen molar-refractivity contribution in [1.82, 2.24) is 10.3 Å². The third kappa shape index (κ3) is 4.89. The lowest BCUT2D eigenvalue weighted by atomic mass is 9.77. The van der Waals surface area contributed by atoms with Gasteiger partial charge >= 0.3 is 13.2 Å². The summed E-state index contributed by atoms with van der Waals surface area (Å²) in [4.78, 5) is 17.3. The zero-order valence-electron chi connectivity index (χ0n) is 22.6. The predicted octanol–water partition coefficient (Wildman–Crippen LogP) is 6.85. The summed E-state index contributed by atoms with van der Waals surface area (Å²) in [7, 11) is -0.596. The average Bonchev–Trinajstić information content (AvgIpc) is 3.57. The predicted molar refractivity (Wildman–Crippen MR) is 157 cm³/mol. The molecule has 2 aliphatic rings. The molecule has 1 amide bonds. The smallest absolute Gasteiger partial charge is 0.449 e. The molecule has 3 aromatic carbocycles. The zero-order valence-corrected chi connectivity index (χ0v) is 23.4. The van der Waals surface area contributed by atoms with Crippen LogP contribution in [0.5, 0.6) is 0 Å². The van der Waals surface area contributed by atoms with E-state index in [-0.39, 0.29) is 19.1 Å². The van der Waals surface area contributed by atoms with Crippen molar-refractivity contribution in [2.24, 2.45) is 0 Å². The van der Waals surface area contributed by atoms with Gasteiger partial charge in [-0.2, -0.15) is 0 Å². The summed E-state index contributed by atoms with van der Waals surface area (Å²) < 4.78 is 19.5. The van der Waals surface area contributed by atoms with E-state index in [4.69, 9.17) is 14.0 Å². The first kappa shape index (κ1) is 25.8. The van der Waals surface area contributed by atoms with E-state index in [0.29, 0.717) is 0 Å². The molecule has 1 saturated heterocycles. The highest BCUT2D eigenvalue weighted by atomic mass is 32.1. The highest BCUT2D eigenvalue weighted by molar-refractivity contribution is 7.16. The normalized spacial score (nSPS) is 17.7. The molecule has 1 N–H and O–H groups in total. The summed E-state index contributed by atoms with van der Waals surface area (Å²) in [6.07, 6.45) is 1.54. The quantitative estimate of drug-likeness (QED) is 0.272. The Balaban J connectivity index is 1.18. The van der Waals surface area contributed by atoms with Gasteiger partial charge in [0.25, 0.3) is 0 Å². The van der Waals surface area contributed by atoms with E-state index in [2.05, 4.69) is 40.6 Å². The van der Waals surface area contributed by atoms with Crippen molar-refractivity contribution in [2.45, 2.75) is 44.8 Å². The van der Waals surface area contributed by atoms with Crippen molar-refractivity contribution in [3.63, 3.8) is 0 Å². The van der Waals surface area contributed by atoms with Gasteiger partial charge in [0.2, 0.25) is 0 Å². The summed E-state index contributed by atoms with van der Waals surface area (Å²) in [5.74, 6) is 0.00684. The molecule has 198 valence electrons. The maximum Gasteiger partial charge on any atom is 0.492 e. The molecule has 1 aliphatic heterocycles. The van der Waals surface area contributed by atoms with Gasteiger partial charge in [0.05, 0.1) is 26.9 Å². The Bertz CT molecular complexity index is 1520. The van der Waals surface area contributed by atoms with Crippen LogP contribution in [0, 0.1) is 0 Å². The number of carbonyl (C=O) groups is 1. The van der Waals surface area contributed by atoms with E-state index in [1.807, 2.05) is 75.7 Å². The van der Waals surface area contributed by atoms with Crippen molar-refractivity contribution < 1.29 is 18.8 Å². The number of hydrogen-bond donors (Lipinski definition) is 1. The minimum absolute atomic E-state index is 0.00684. The Morgan fingerprint density at radius 2 is 1.64 bits per heavy atom. The fraction of sp³-hybridized carbons (Fsp3) is 0.290. The summed E-state index contributed by atoms with van der Waals surface area (Å²) in [6.45, 7) is 8.57. The van der Waals surface area contributed by atoms with Crippen LogP contribution in [0.4, 0.5) is 4.79 Å². The van der Waals surface area contributed by atoms with E-state index in [1.54, 1.807) is 11.3 Å². The molecule has 4 aromatic rings. The molecule has 6 nitrogen and oxygen atoms in total. The molecule has 0 bridgehead atoms. The van der Waals surface area contributed by atoms with Crippen molar-refractivity contribution in [3.8, 4) is 11.1 Å². The number of fused-ring (bicyclic) bond motifs is 4. The maximum atomic E-state index is 12.9. The molecule has 6 rings (SSSR count). The number of thiazole rings is 1. The Labute approximate surface area is 233 Å². The van der Waals surface area contributed by atoms with Crippen molar-refractivity contribution in [2.75, 3.05) is 13.2 Å². The monoisotopic (exact) mass is 538 g/mol. The number of alkyl carbamates (subject to hydrolysis) is 1. The summed E-state index contributed by atoms with van der Waals surface area (Å²) in [5, 5.41) is 2.94. The fourth-order valence-corrected chi connectivity index (χ4v) is 5.92. The minimum Gasteiger partial charge on any atom is -0.449 e. The number of nitrogens with zero attached hydrogens (tertiary/aromatic N) is 1. The first-order chi connectivity index (χ1) is 18.7. The number of benzene rings is 3. The van der Waals surface area contributed by atoms with Gasteiger partial charge in [-0.3, -0.25) is 0 Å². The van der Waals surface area contributed by atoms with E-state index in [0.717, 1.165) is 21.3 Å². The number of nitrogens with one attached hydrogen (secondary N) is 1. The first-order valence-electron chi connectivity index (χ1n) is 13.2. The van der Waals surface area contributed by atoms with Gasteiger partial charge in [0.15, 0.2) is 0 Å². The van der Waals surface area contributed by atoms with Crippen LogP contribution in [0.25, 0.3) is 27.4 Å². The van der Waals surface area contributed by atoms with E-state index in [9.17, 15) is 4.79 Å². The molecule has 0 unspecified atom stereocenters. The highest BCUT2D eigenvalue weighted by Gasteiger charge is 2.52. The second-order valence-electron chi connectivity index (χ2n) is 11.1. The molecular weight excluding hydrogens is 507 g/mol. The molecule has 39 heavy (non-hydrogen) atoms. The maximum absolute atomic E-state index is 12.9. The van der Waals surface area contributed by atoms with Gasteiger partial charge in [-0.15, -0.1) is 11.3 Å². The second-order valence-corrected chi connectivity index (χ2v) is 12.0. The van der Waals surface area contributed by atoms with Crippen LogP contribution < -0.4 is 5.32 Å². The Kier molecular flexibility index (Phi) is 6.57. The molecule has 1 aliphatic carbocycles. The van der Waals surface area contributed by atoms with Crippen LogP contribution in [0.2, 0.25) is 0 Å². The van der Waals surface area contributed by atoms with Gasteiger partial charge in [-0.25, -0.2) is 9.78 Å². The molecule has 1 fully saturated rings. The Morgan fingerprint density at radius 3 is 2.31 bits per heavy atom. The minimum atomic E-state index is -0.596. The first-order valence-corrected chi connectivity index (χ1v) is 14.1. The molecular formula is C31H31BN2O4S. The lowest BCUT2D eigenvalue weighted by Gasteiger charge is -2.32. The number of aromatic nitrogens is 1. The van der Waals surface area contributed by atoms with E-state index in [1.165, 1.54) is 22.3 Å². The Hall–Kier alpha value is -3.46. The molecule has 0 spiro atoms. The number of amides is 1. The van der Waals surface area contributed by atoms with E-state index >= 15 is 0 Å². The molecule has 0 atom stereocenters. The van der Waals surface area contributed by atoms with Crippen molar-refractivity contribution in [3.05, 3.63) is 94.4 Å². The SMILES string of the molecule is CC1(C)OB(C(=Cc2ccc3ncsc3c2)CNC(=O)OCC2c3ccccc3-c3ccccc32)OC1(C)C. The average molecular weight is 538 g/mol. The lowest BCUT2D eigenvalue weighted by molar-refractivity contribution is 0.00578. The standard InChI is InChI=1S/C31H31BN2O4S/c1-30(2)31(3,4)38-32(37-30)21(15-20-13-14-27-28(16-20)39-19-34-27)17-33-29(35)36-18-26-24-11-7-5-9-22(24)23-10-6-8-12-25(23)26/h5-16,19,26H,17-18H2,1-4H3,(H,33,35). The lowest BCUT2D eigenvalue weighted by Crippen LogP contribution is -2.41.